The van der Waals surface area contributed by atoms with Crippen LogP contribution in [0.15, 0.2) is 0 Å². The zero-order valence-electron chi connectivity index (χ0n) is 14.2. The Labute approximate surface area is 126 Å². The van der Waals surface area contributed by atoms with Crippen molar-refractivity contribution in [2.24, 2.45) is 17.3 Å². The van der Waals surface area contributed by atoms with Crippen LogP contribution in [-0.2, 0) is 4.74 Å². The minimum absolute atomic E-state index is 0.389. The molecule has 0 bridgehead atoms. The van der Waals surface area contributed by atoms with Gasteiger partial charge in [-0.15, -0.1) is 0 Å². The van der Waals surface area contributed by atoms with E-state index in [0.29, 0.717) is 23.7 Å². The summed E-state index contributed by atoms with van der Waals surface area (Å²) in [5, 5.41) is 3.68. The highest BCUT2D eigenvalue weighted by molar-refractivity contribution is 5.07. The molecule has 0 heterocycles. The highest BCUT2D eigenvalue weighted by Gasteiger charge is 2.53. The summed E-state index contributed by atoms with van der Waals surface area (Å²) in [6.07, 6.45) is 8.63. The lowest BCUT2D eigenvalue weighted by atomic mass is 9.58. The fourth-order valence-corrected chi connectivity index (χ4v) is 4.89. The summed E-state index contributed by atoms with van der Waals surface area (Å²) >= 11 is 0. The van der Waals surface area contributed by atoms with E-state index >= 15 is 0 Å². The van der Waals surface area contributed by atoms with Crippen molar-refractivity contribution in [1.29, 1.82) is 0 Å². The van der Waals surface area contributed by atoms with Crippen LogP contribution in [0.2, 0.25) is 0 Å². The predicted octanol–water partition coefficient (Wildman–Crippen LogP) is 4.38. The Bertz CT molecular complexity index is 290. The highest BCUT2D eigenvalue weighted by Crippen LogP contribution is 2.50. The first kappa shape index (κ1) is 16.3. The van der Waals surface area contributed by atoms with Gasteiger partial charge in [0.15, 0.2) is 0 Å². The van der Waals surface area contributed by atoms with Crippen LogP contribution in [0.1, 0.15) is 73.1 Å². The van der Waals surface area contributed by atoms with Gasteiger partial charge in [0.25, 0.3) is 0 Å². The topological polar surface area (TPSA) is 21.3 Å². The Morgan fingerprint density at radius 1 is 0.950 bits per heavy atom. The van der Waals surface area contributed by atoms with E-state index in [2.05, 4.69) is 39.9 Å². The average molecular weight is 281 g/mol. The fraction of sp³-hybridized carbons (Fsp3) is 1.00. The van der Waals surface area contributed by atoms with Crippen LogP contribution >= 0.6 is 0 Å². The van der Waals surface area contributed by atoms with E-state index in [-0.39, 0.29) is 0 Å². The van der Waals surface area contributed by atoms with Crippen molar-refractivity contribution < 1.29 is 4.74 Å². The van der Waals surface area contributed by atoms with Gasteiger partial charge in [-0.05, 0) is 56.9 Å². The third-order valence-electron chi connectivity index (χ3n) is 6.04. The summed E-state index contributed by atoms with van der Waals surface area (Å²) in [5.41, 5.74) is 0.389. The zero-order valence-corrected chi connectivity index (χ0v) is 14.2. The predicted molar refractivity (Wildman–Crippen MR) is 85.9 cm³/mol. The second kappa shape index (κ2) is 6.79. The zero-order chi connectivity index (χ0) is 14.8. The summed E-state index contributed by atoms with van der Waals surface area (Å²) in [6.45, 7) is 12.8. The van der Waals surface area contributed by atoms with Crippen LogP contribution in [0.5, 0.6) is 0 Å². The van der Waals surface area contributed by atoms with Crippen LogP contribution in [0.4, 0.5) is 0 Å². The standard InChI is InChI=1S/C18H35NO/c1-6-18(7-2)16(19-8-3)12-17(18)20-15-10-13(4)9-14(5)11-15/h13-17,19H,6-12H2,1-5H3. The maximum Gasteiger partial charge on any atom is 0.0664 e. The van der Waals surface area contributed by atoms with Crippen molar-refractivity contribution >= 4 is 0 Å². The quantitative estimate of drug-likeness (QED) is 0.780. The normalized spacial score (nSPS) is 40.4. The second-order valence-electron chi connectivity index (χ2n) is 7.45. The van der Waals surface area contributed by atoms with E-state index in [4.69, 9.17) is 4.74 Å². The first-order chi connectivity index (χ1) is 9.55. The fourth-order valence-electron chi connectivity index (χ4n) is 4.89. The monoisotopic (exact) mass is 281 g/mol. The molecule has 0 amide bonds. The maximum atomic E-state index is 6.60. The molecule has 2 aliphatic carbocycles. The van der Waals surface area contributed by atoms with Gasteiger partial charge >= 0.3 is 0 Å². The molecule has 2 rings (SSSR count). The molecular weight excluding hydrogens is 246 g/mol. The molecule has 2 nitrogen and oxygen atoms in total. The largest absolute Gasteiger partial charge is 0.374 e. The molecule has 2 fully saturated rings. The summed E-state index contributed by atoms with van der Waals surface area (Å²) < 4.78 is 6.60. The Kier molecular flexibility index (Phi) is 5.53. The number of rotatable bonds is 6. The van der Waals surface area contributed by atoms with Gasteiger partial charge in [0.2, 0.25) is 0 Å². The smallest absolute Gasteiger partial charge is 0.0664 e. The second-order valence-corrected chi connectivity index (χ2v) is 7.45. The molecule has 4 atom stereocenters. The highest BCUT2D eigenvalue weighted by atomic mass is 16.5. The molecule has 0 aliphatic heterocycles. The molecular formula is C18H35NO. The van der Waals surface area contributed by atoms with Crippen LogP contribution in [0.25, 0.3) is 0 Å². The molecule has 4 unspecified atom stereocenters. The number of hydrogen-bond acceptors (Lipinski definition) is 2. The van der Waals surface area contributed by atoms with E-state index in [0.717, 1.165) is 18.4 Å². The van der Waals surface area contributed by atoms with Crippen LogP contribution < -0.4 is 5.32 Å². The summed E-state index contributed by atoms with van der Waals surface area (Å²) in [5.74, 6) is 1.68. The lowest BCUT2D eigenvalue weighted by Crippen LogP contribution is -2.64. The van der Waals surface area contributed by atoms with Gasteiger partial charge in [0, 0.05) is 11.5 Å². The Morgan fingerprint density at radius 2 is 1.55 bits per heavy atom. The van der Waals surface area contributed by atoms with Crippen molar-refractivity contribution in [2.45, 2.75) is 91.4 Å². The maximum absolute atomic E-state index is 6.60. The lowest BCUT2D eigenvalue weighted by Gasteiger charge is -2.57. The number of ether oxygens (including phenoxy) is 1. The average Bonchev–Trinajstić information content (AvgIpc) is 2.38. The van der Waals surface area contributed by atoms with E-state index in [1.165, 1.54) is 38.5 Å². The van der Waals surface area contributed by atoms with E-state index < -0.39 is 0 Å². The molecule has 1 N–H and O–H groups in total. The summed E-state index contributed by atoms with van der Waals surface area (Å²) in [6, 6.07) is 0.672. The molecule has 0 aromatic carbocycles. The minimum Gasteiger partial charge on any atom is -0.374 e. The van der Waals surface area contributed by atoms with Crippen molar-refractivity contribution in [3.8, 4) is 0 Å². The lowest BCUT2D eigenvalue weighted by molar-refractivity contribution is -0.177. The van der Waals surface area contributed by atoms with Crippen LogP contribution in [-0.4, -0.2) is 24.8 Å². The van der Waals surface area contributed by atoms with E-state index in [1.807, 2.05) is 0 Å². The van der Waals surface area contributed by atoms with Crippen LogP contribution in [0.3, 0.4) is 0 Å². The SMILES string of the molecule is CCNC1CC(OC2CC(C)CC(C)C2)C1(CC)CC. The first-order valence-corrected chi connectivity index (χ1v) is 8.94. The Balaban J connectivity index is 1.95. The molecule has 0 saturated heterocycles. The molecule has 2 saturated carbocycles. The van der Waals surface area contributed by atoms with Gasteiger partial charge in [-0.25, -0.2) is 0 Å². The van der Waals surface area contributed by atoms with Crippen molar-refractivity contribution in [2.75, 3.05) is 6.54 Å². The van der Waals surface area contributed by atoms with Crippen molar-refractivity contribution in [3.63, 3.8) is 0 Å². The van der Waals surface area contributed by atoms with Crippen molar-refractivity contribution in [1.82, 2.24) is 5.32 Å². The van der Waals surface area contributed by atoms with Gasteiger partial charge in [0.1, 0.15) is 0 Å². The van der Waals surface area contributed by atoms with E-state index in [1.54, 1.807) is 0 Å². The van der Waals surface area contributed by atoms with E-state index in [9.17, 15) is 0 Å². The molecule has 0 aromatic rings. The summed E-state index contributed by atoms with van der Waals surface area (Å²) in [7, 11) is 0. The number of hydrogen-bond donors (Lipinski definition) is 1. The third-order valence-corrected chi connectivity index (χ3v) is 6.04. The van der Waals surface area contributed by atoms with Gasteiger partial charge in [-0.2, -0.15) is 0 Å². The minimum atomic E-state index is 0.389. The van der Waals surface area contributed by atoms with Gasteiger partial charge in [-0.1, -0.05) is 34.6 Å². The Hall–Kier alpha value is -0.0800. The van der Waals surface area contributed by atoms with Crippen LogP contribution in [0, 0.1) is 17.3 Å². The number of nitrogens with one attached hydrogen (secondary N) is 1. The molecule has 2 heteroatoms. The molecule has 2 aliphatic rings. The third kappa shape index (κ3) is 3.06. The molecule has 20 heavy (non-hydrogen) atoms. The molecule has 0 radical (unpaired) electrons. The van der Waals surface area contributed by atoms with Gasteiger partial charge in [-0.3, -0.25) is 0 Å². The molecule has 0 aromatic heterocycles. The molecule has 0 spiro atoms. The van der Waals surface area contributed by atoms with Gasteiger partial charge < -0.3 is 10.1 Å². The van der Waals surface area contributed by atoms with Crippen molar-refractivity contribution in [3.05, 3.63) is 0 Å². The summed E-state index contributed by atoms with van der Waals surface area (Å²) in [4.78, 5) is 0. The Morgan fingerprint density at radius 3 is 2.05 bits per heavy atom. The molecule has 118 valence electrons. The first-order valence-electron chi connectivity index (χ1n) is 8.94. The van der Waals surface area contributed by atoms with Gasteiger partial charge in [0.05, 0.1) is 12.2 Å².